The van der Waals surface area contributed by atoms with E-state index in [0.29, 0.717) is 22.6 Å². The van der Waals surface area contributed by atoms with Crippen molar-refractivity contribution in [2.45, 2.75) is 0 Å². The van der Waals surface area contributed by atoms with Crippen molar-refractivity contribution in [1.29, 1.82) is 0 Å². The number of furan rings is 1. The Hall–Kier alpha value is -4.40. The Balaban J connectivity index is 1.35. The number of para-hydroxylation sites is 1. The highest BCUT2D eigenvalue weighted by Gasteiger charge is 2.16. The number of hydrogen-bond donors (Lipinski definition) is 2. The predicted octanol–water partition coefficient (Wildman–Crippen LogP) is 3.65. The van der Waals surface area contributed by atoms with Crippen LogP contribution >= 0.6 is 0 Å². The van der Waals surface area contributed by atoms with Crippen LogP contribution in [0.3, 0.4) is 0 Å². The second-order valence-electron chi connectivity index (χ2n) is 7.05. The Kier molecular flexibility index (Phi) is 6.21. The summed E-state index contributed by atoms with van der Waals surface area (Å²) in [5.41, 5.74) is 1.68. The highest BCUT2D eigenvalue weighted by Crippen LogP contribution is 2.36. The van der Waals surface area contributed by atoms with Gasteiger partial charge in [-0.3, -0.25) is 14.4 Å². The summed E-state index contributed by atoms with van der Waals surface area (Å²) >= 11 is 0. The minimum absolute atomic E-state index is 0.0635. The monoisotopic (exact) mass is 450 g/mol. The molecule has 4 aromatic rings. The van der Waals surface area contributed by atoms with Gasteiger partial charge in [0.1, 0.15) is 29.3 Å². The molecule has 0 aliphatic heterocycles. The van der Waals surface area contributed by atoms with Crippen molar-refractivity contribution < 1.29 is 32.7 Å². The normalized spacial score (nSPS) is 10.7. The number of halogens is 1. The van der Waals surface area contributed by atoms with E-state index < -0.39 is 36.8 Å². The maximum absolute atomic E-state index is 13.2. The van der Waals surface area contributed by atoms with Gasteiger partial charge in [-0.1, -0.05) is 24.3 Å². The molecule has 2 amide bonds. The molecule has 0 fully saturated rings. The number of benzene rings is 3. The van der Waals surface area contributed by atoms with Crippen molar-refractivity contribution in [3.63, 3.8) is 0 Å². The zero-order valence-corrected chi connectivity index (χ0v) is 17.5. The Labute approximate surface area is 187 Å². The Bertz CT molecular complexity index is 1360. The van der Waals surface area contributed by atoms with E-state index in [0.717, 1.165) is 16.8 Å². The van der Waals surface area contributed by atoms with Crippen molar-refractivity contribution in [1.82, 2.24) is 5.32 Å². The first-order chi connectivity index (χ1) is 15.9. The molecule has 2 N–H and O–H groups in total. The number of esters is 1. The lowest BCUT2D eigenvalue weighted by molar-refractivity contribution is -0.146. The van der Waals surface area contributed by atoms with Crippen molar-refractivity contribution >= 4 is 45.4 Å². The summed E-state index contributed by atoms with van der Waals surface area (Å²) < 4.78 is 29.3. The number of hydrogen-bond acceptors (Lipinski definition) is 6. The van der Waals surface area contributed by atoms with Gasteiger partial charge in [0, 0.05) is 22.4 Å². The summed E-state index contributed by atoms with van der Waals surface area (Å²) in [6.07, 6.45) is 0. The fourth-order valence-electron chi connectivity index (χ4n) is 3.29. The van der Waals surface area contributed by atoms with Crippen LogP contribution in [0.5, 0.6) is 5.75 Å². The van der Waals surface area contributed by atoms with Crippen LogP contribution < -0.4 is 15.4 Å². The molecule has 1 aromatic heterocycles. The van der Waals surface area contributed by atoms with Crippen LogP contribution in [0.1, 0.15) is 10.4 Å². The highest BCUT2D eigenvalue weighted by atomic mass is 19.1. The average Bonchev–Trinajstić information content (AvgIpc) is 3.18. The Morgan fingerprint density at radius 2 is 1.79 bits per heavy atom. The molecule has 0 saturated heterocycles. The average molecular weight is 450 g/mol. The zero-order chi connectivity index (χ0) is 23.4. The standard InChI is InChI=1S/C24H19FN2O6/c1-31-21-10-17-16-7-2-3-8-19(16)33-20(17)11-18(21)27-22(28)13-32-23(29)12-26-24(30)14-5-4-6-15(25)9-14/h2-11H,12-13H2,1H3,(H,26,30)(H,27,28). The van der Waals surface area contributed by atoms with Crippen LogP contribution in [0.4, 0.5) is 10.1 Å². The van der Waals surface area contributed by atoms with E-state index in [-0.39, 0.29) is 5.56 Å². The molecule has 0 radical (unpaired) electrons. The number of carbonyl (C=O) groups excluding carboxylic acids is 3. The van der Waals surface area contributed by atoms with E-state index in [1.807, 2.05) is 24.3 Å². The molecule has 0 bridgehead atoms. The van der Waals surface area contributed by atoms with Crippen LogP contribution in [0.25, 0.3) is 21.9 Å². The number of fused-ring (bicyclic) bond motifs is 3. The van der Waals surface area contributed by atoms with Gasteiger partial charge in [0.05, 0.1) is 12.8 Å². The quantitative estimate of drug-likeness (QED) is 0.417. The van der Waals surface area contributed by atoms with Crippen LogP contribution in [-0.2, 0) is 14.3 Å². The lowest BCUT2D eigenvalue weighted by Crippen LogP contribution is -2.32. The van der Waals surface area contributed by atoms with Gasteiger partial charge in [0.15, 0.2) is 6.61 Å². The van der Waals surface area contributed by atoms with Gasteiger partial charge >= 0.3 is 5.97 Å². The summed E-state index contributed by atoms with van der Waals surface area (Å²) in [7, 11) is 1.47. The maximum Gasteiger partial charge on any atom is 0.325 e. The predicted molar refractivity (Wildman–Crippen MR) is 119 cm³/mol. The number of methoxy groups -OCH3 is 1. The number of rotatable bonds is 7. The third-order valence-electron chi connectivity index (χ3n) is 4.82. The molecule has 8 nitrogen and oxygen atoms in total. The van der Waals surface area contributed by atoms with Crippen LogP contribution in [0, 0.1) is 5.82 Å². The number of amides is 2. The first-order valence-electron chi connectivity index (χ1n) is 9.93. The molecule has 9 heteroatoms. The lowest BCUT2D eigenvalue weighted by atomic mass is 10.1. The van der Waals surface area contributed by atoms with Gasteiger partial charge in [-0.25, -0.2) is 4.39 Å². The molecule has 0 aliphatic rings. The Morgan fingerprint density at radius 1 is 0.970 bits per heavy atom. The topological polar surface area (TPSA) is 107 Å². The summed E-state index contributed by atoms with van der Waals surface area (Å²) in [4.78, 5) is 36.1. The third kappa shape index (κ3) is 4.93. The molecule has 168 valence electrons. The van der Waals surface area contributed by atoms with E-state index in [1.54, 1.807) is 12.1 Å². The lowest BCUT2D eigenvalue weighted by Gasteiger charge is -2.11. The van der Waals surface area contributed by atoms with Crippen LogP contribution in [0.2, 0.25) is 0 Å². The SMILES string of the molecule is COc1cc2c(cc1NC(=O)COC(=O)CNC(=O)c1cccc(F)c1)oc1ccccc12. The summed E-state index contributed by atoms with van der Waals surface area (Å²) in [6, 6.07) is 15.9. The van der Waals surface area contributed by atoms with Gasteiger partial charge in [0.25, 0.3) is 11.8 Å². The third-order valence-corrected chi connectivity index (χ3v) is 4.82. The second kappa shape index (κ2) is 9.39. The maximum atomic E-state index is 13.2. The first-order valence-corrected chi connectivity index (χ1v) is 9.93. The fourth-order valence-corrected chi connectivity index (χ4v) is 3.29. The van der Waals surface area contributed by atoms with Crippen molar-refractivity contribution in [2.75, 3.05) is 25.6 Å². The Morgan fingerprint density at radius 3 is 2.58 bits per heavy atom. The summed E-state index contributed by atoms with van der Waals surface area (Å²) in [6.45, 7) is -1.05. The van der Waals surface area contributed by atoms with Crippen LogP contribution in [-0.4, -0.2) is 38.0 Å². The van der Waals surface area contributed by atoms with Crippen molar-refractivity contribution in [3.8, 4) is 5.75 Å². The second-order valence-corrected chi connectivity index (χ2v) is 7.05. The van der Waals surface area contributed by atoms with Gasteiger partial charge in [0.2, 0.25) is 0 Å². The minimum Gasteiger partial charge on any atom is -0.495 e. The number of ether oxygens (including phenoxy) is 2. The fraction of sp³-hybridized carbons (Fsp3) is 0.125. The molecule has 33 heavy (non-hydrogen) atoms. The van der Waals surface area contributed by atoms with Gasteiger partial charge in [-0.2, -0.15) is 0 Å². The molecular formula is C24H19FN2O6. The van der Waals surface area contributed by atoms with Crippen molar-refractivity contribution in [2.24, 2.45) is 0 Å². The molecule has 0 spiro atoms. The molecule has 1 heterocycles. The molecule has 4 rings (SSSR count). The molecule has 0 aliphatic carbocycles. The molecule has 3 aromatic carbocycles. The minimum atomic E-state index is -0.824. The number of carbonyl (C=O) groups is 3. The van der Waals surface area contributed by atoms with Gasteiger partial charge in [-0.05, 0) is 30.3 Å². The van der Waals surface area contributed by atoms with E-state index >= 15 is 0 Å². The molecule has 0 atom stereocenters. The summed E-state index contributed by atoms with van der Waals surface area (Å²) in [5.74, 6) is -2.22. The first kappa shape index (κ1) is 21.8. The van der Waals surface area contributed by atoms with Gasteiger partial charge < -0.3 is 24.5 Å². The van der Waals surface area contributed by atoms with Gasteiger partial charge in [-0.15, -0.1) is 0 Å². The van der Waals surface area contributed by atoms with E-state index in [9.17, 15) is 18.8 Å². The summed E-state index contributed by atoms with van der Waals surface area (Å²) in [5, 5.41) is 6.68. The highest BCUT2D eigenvalue weighted by molar-refractivity contribution is 6.08. The molecule has 0 saturated carbocycles. The zero-order valence-electron chi connectivity index (χ0n) is 17.5. The number of anilines is 1. The van der Waals surface area contributed by atoms with E-state index in [4.69, 9.17) is 13.9 Å². The largest absolute Gasteiger partial charge is 0.495 e. The smallest absolute Gasteiger partial charge is 0.325 e. The van der Waals surface area contributed by atoms with E-state index in [2.05, 4.69) is 10.6 Å². The van der Waals surface area contributed by atoms with Crippen molar-refractivity contribution in [3.05, 3.63) is 72.0 Å². The van der Waals surface area contributed by atoms with Crippen LogP contribution in [0.15, 0.2) is 65.1 Å². The molecule has 0 unspecified atom stereocenters. The molecular weight excluding hydrogens is 431 g/mol. The van der Waals surface area contributed by atoms with E-state index in [1.165, 1.54) is 25.3 Å². The number of nitrogens with one attached hydrogen (secondary N) is 2.